The topological polar surface area (TPSA) is 81.8 Å². The monoisotopic (exact) mass is 637 g/mol. The normalized spacial score (nSPS) is 15.2. The van der Waals surface area contributed by atoms with Crippen LogP contribution in [0, 0.1) is 13.8 Å². The first-order chi connectivity index (χ1) is 22.8. The van der Waals surface area contributed by atoms with E-state index in [-0.39, 0.29) is 18.3 Å². The molecule has 9 heteroatoms. The summed E-state index contributed by atoms with van der Waals surface area (Å²) in [7, 11) is 3.54. The smallest absolute Gasteiger partial charge is 0.248 e. The van der Waals surface area contributed by atoms with Crippen molar-refractivity contribution in [2.24, 2.45) is 7.05 Å². The zero-order valence-corrected chi connectivity index (χ0v) is 28.5. The molecule has 1 amide bonds. The number of aryl methyl sites for hydroxylation is 4. The minimum atomic E-state index is 0.0341. The van der Waals surface area contributed by atoms with Crippen LogP contribution in [-0.4, -0.2) is 88.9 Å². The molecular formula is C38H47N5O4. The van der Waals surface area contributed by atoms with E-state index in [1.165, 1.54) is 11.1 Å². The van der Waals surface area contributed by atoms with Crippen molar-refractivity contribution in [1.82, 2.24) is 24.1 Å². The molecule has 0 atom stereocenters. The second-order valence-corrected chi connectivity index (χ2v) is 12.8. The number of nitrogens with zero attached hydrogens (tertiary/aromatic N) is 5. The summed E-state index contributed by atoms with van der Waals surface area (Å²) < 4.78 is 15.6. The molecule has 248 valence electrons. The van der Waals surface area contributed by atoms with Crippen molar-refractivity contribution in [3.8, 4) is 11.1 Å². The van der Waals surface area contributed by atoms with Crippen LogP contribution in [0.25, 0.3) is 27.8 Å². The zero-order valence-electron chi connectivity index (χ0n) is 28.5. The number of hydrogen-bond donors (Lipinski definition) is 0. The maximum Gasteiger partial charge on any atom is 0.248 e. The predicted molar refractivity (Wildman–Crippen MR) is 186 cm³/mol. The number of rotatable bonds is 12. The number of ether oxygens (including phenoxy) is 2. The van der Waals surface area contributed by atoms with Gasteiger partial charge in [0.25, 0.3) is 0 Å². The number of carbonyl (C=O) groups excluding carboxylic acids is 2. The molecule has 0 N–H and O–H groups in total. The van der Waals surface area contributed by atoms with Gasteiger partial charge in [0, 0.05) is 88.1 Å². The minimum absolute atomic E-state index is 0.0341. The fourth-order valence-corrected chi connectivity index (χ4v) is 7.42. The molecule has 1 saturated heterocycles. The summed E-state index contributed by atoms with van der Waals surface area (Å²) in [5, 5.41) is 5.85. The van der Waals surface area contributed by atoms with Crippen molar-refractivity contribution >= 4 is 28.4 Å². The van der Waals surface area contributed by atoms with Crippen molar-refractivity contribution in [2.45, 2.75) is 53.0 Å². The third kappa shape index (κ3) is 6.64. The molecule has 2 aromatic carbocycles. The number of para-hydroxylation sites is 1. The largest absolute Gasteiger partial charge is 0.493 e. The van der Waals surface area contributed by atoms with Crippen LogP contribution < -0.4 is 0 Å². The third-order valence-electron chi connectivity index (χ3n) is 9.79. The Morgan fingerprint density at radius 1 is 0.957 bits per heavy atom. The lowest BCUT2D eigenvalue weighted by Crippen LogP contribution is -2.50. The summed E-state index contributed by atoms with van der Waals surface area (Å²) in [6.45, 7) is 11.0. The molecule has 0 unspecified atom stereocenters. The van der Waals surface area contributed by atoms with E-state index in [0.29, 0.717) is 26.2 Å². The van der Waals surface area contributed by atoms with Crippen molar-refractivity contribution < 1.29 is 19.1 Å². The lowest BCUT2D eigenvalue weighted by Gasteiger charge is -2.34. The quantitative estimate of drug-likeness (QED) is 0.149. The number of methoxy groups -OCH3 is 1. The van der Waals surface area contributed by atoms with E-state index < -0.39 is 0 Å². The van der Waals surface area contributed by atoms with Crippen LogP contribution in [-0.2, 0) is 40.7 Å². The van der Waals surface area contributed by atoms with E-state index in [4.69, 9.17) is 14.6 Å². The maximum absolute atomic E-state index is 13.5. The number of aromatic nitrogens is 3. The van der Waals surface area contributed by atoms with Gasteiger partial charge in [-0.25, -0.2) is 0 Å². The second-order valence-electron chi connectivity index (χ2n) is 12.8. The summed E-state index contributed by atoms with van der Waals surface area (Å²) in [5.41, 5.74) is 9.78. The number of hydrogen-bond acceptors (Lipinski definition) is 6. The average Bonchev–Trinajstić information content (AvgIpc) is 3.53. The minimum Gasteiger partial charge on any atom is -0.493 e. The Bertz CT molecular complexity index is 1810. The second kappa shape index (κ2) is 14.3. The van der Waals surface area contributed by atoms with Crippen LogP contribution in [0.5, 0.6) is 0 Å². The highest BCUT2D eigenvalue weighted by Crippen LogP contribution is 2.38. The maximum atomic E-state index is 13.5. The molecule has 3 heterocycles. The fraction of sp³-hybridized carbons (Fsp3) is 0.447. The molecule has 47 heavy (non-hydrogen) atoms. The van der Waals surface area contributed by atoms with Gasteiger partial charge in [0.2, 0.25) is 5.91 Å². The number of amides is 1. The molecule has 1 aliphatic carbocycles. The summed E-state index contributed by atoms with van der Waals surface area (Å²) in [6.07, 6.45) is 5.77. The summed E-state index contributed by atoms with van der Waals surface area (Å²) >= 11 is 0. The van der Waals surface area contributed by atoms with Gasteiger partial charge in [-0.2, -0.15) is 5.10 Å². The van der Waals surface area contributed by atoms with Crippen LogP contribution in [0.2, 0.25) is 0 Å². The van der Waals surface area contributed by atoms with E-state index in [9.17, 15) is 9.59 Å². The number of piperazine rings is 1. The number of carbonyl (C=O) groups is 2. The van der Waals surface area contributed by atoms with Gasteiger partial charge >= 0.3 is 0 Å². The van der Waals surface area contributed by atoms with Gasteiger partial charge in [-0.05, 0) is 56.7 Å². The van der Waals surface area contributed by atoms with Crippen LogP contribution in [0.3, 0.4) is 0 Å². The Morgan fingerprint density at radius 2 is 1.72 bits per heavy atom. The Morgan fingerprint density at radius 3 is 2.45 bits per heavy atom. The highest BCUT2D eigenvalue weighted by atomic mass is 16.5. The standard InChI is InChI=1S/C38H47N5O4/c1-26-36(27(2)40(4)39-26)33-15-9-14-32-31(16-10-24-47-34-17-8-12-29-11-6-7-13-30(29)34)37(28(3)44)43(38(32)33)23-20-41-18-21-42(22-19-41)35(45)25-46-5/h6-7,9,11,13-15,17H,8,10,12,16,18-25H2,1-5H3. The Labute approximate surface area is 277 Å². The van der Waals surface area contributed by atoms with Gasteiger partial charge in [0.1, 0.15) is 12.4 Å². The number of Topliss-reactive ketones (excluding diaryl/α,β-unsaturated/α-hetero) is 1. The molecule has 4 aromatic rings. The zero-order chi connectivity index (χ0) is 33.1. The van der Waals surface area contributed by atoms with Gasteiger partial charge in [0.15, 0.2) is 5.78 Å². The SMILES string of the molecule is COCC(=O)N1CCN(CCn2c(C(C)=O)c(CCCOC3=CCCc4ccccc43)c3cccc(-c4c(C)nn(C)c4C)c32)CC1. The van der Waals surface area contributed by atoms with Crippen LogP contribution in [0.15, 0.2) is 48.5 Å². The van der Waals surface area contributed by atoms with E-state index >= 15 is 0 Å². The van der Waals surface area contributed by atoms with Crippen molar-refractivity contribution in [2.75, 3.05) is 53.0 Å². The molecule has 2 aliphatic rings. The van der Waals surface area contributed by atoms with E-state index in [2.05, 4.69) is 71.9 Å². The predicted octanol–water partition coefficient (Wildman–Crippen LogP) is 5.59. The van der Waals surface area contributed by atoms with Gasteiger partial charge in [-0.1, -0.05) is 42.5 Å². The first-order valence-electron chi connectivity index (χ1n) is 16.8. The highest BCUT2D eigenvalue weighted by molar-refractivity contribution is 6.06. The molecular weight excluding hydrogens is 590 g/mol. The summed E-state index contributed by atoms with van der Waals surface area (Å²) in [6, 6.07) is 14.9. The first kappa shape index (κ1) is 32.7. The Balaban J connectivity index is 1.29. The molecule has 1 aliphatic heterocycles. The van der Waals surface area contributed by atoms with Gasteiger partial charge in [0.05, 0.1) is 23.5 Å². The van der Waals surface area contributed by atoms with Gasteiger partial charge < -0.3 is 18.9 Å². The Kier molecular flexibility index (Phi) is 9.94. The average molecular weight is 638 g/mol. The fourth-order valence-electron chi connectivity index (χ4n) is 7.42. The number of benzene rings is 2. The molecule has 9 nitrogen and oxygen atoms in total. The van der Waals surface area contributed by atoms with Crippen molar-refractivity contribution in [1.29, 1.82) is 0 Å². The van der Waals surface area contributed by atoms with Gasteiger partial charge in [-0.3, -0.25) is 19.2 Å². The third-order valence-corrected chi connectivity index (χ3v) is 9.79. The number of ketones is 1. The molecule has 0 bridgehead atoms. The highest BCUT2D eigenvalue weighted by Gasteiger charge is 2.26. The lowest BCUT2D eigenvalue weighted by molar-refractivity contribution is -0.136. The van der Waals surface area contributed by atoms with Crippen LogP contribution >= 0.6 is 0 Å². The van der Waals surface area contributed by atoms with E-state index in [1.54, 1.807) is 14.0 Å². The molecule has 2 aromatic heterocycles. The van der Waals surface area contributed by atoms with Crippen LogP contribution in [0.4, 0.5) is 0 Å². The first-order valence-corrected chi connectivity index (χ1v) is 16.8. The number of allylic oxidation sites excluding steroid dienone is 1. The van der Waals surface area contributed by atoms with Crippen molar-refractivity contribution in [3.05, 3.63) is 82.3 Å². The van der Waals surface area contributed by atoms with E-state index in [0.717, 1.165) is 95.8 Å². The number of fused-ring (bicyclic) bond motifs is 2. The lowest BCUT2D eigenvalue weighted by atomic mass is 9.96. The molecule has 0 spiro atoms. The van der Waals surface area contributed by atoms with E-state index in [1.807, 2.05) is 16.6 Å². The van der Waals surface area contributed by atoms with Crippen molar-refractivity contribution in [3.63, 3.8) is 0 Å². The molecule has 0 saturated carbocycles. The van der Waals surface area contributed by atoms with Gasteiger partial charge in [-0.15, -0.1) is 0 Å². The summed E-state index contributed by atoms with van der Waals surface area (Å²) in [5.74, 6) is 1.07. The molecule has 1 fully saturated rings. The molecule has 0 radical (unpaired) electrons. The summed E-state index contributed by atoms with van der Waals surface area (Å²) in [4.78, 5) is 30.2. The molecule has 6 rings (SSSR count). The van der Waals surface area contributed by atoms with Crippen LogP contribution in [0.1, 0.15) is 58.3 Å². The Hall–Kier alpha value is -4.21.